The predicted molar refractivity (Wildman–Crippen MR) is 75.3 cm³/mol. The number of aliphatic hydroxyl groups excluding tert-OH is 1. The zero-order valence-corrected chi connectivity index (χ0v) is 12.5. The number of methoxy groups -OCH3 is 1. The lowest BCUT2D eigenvalue weighted by Crippen LogP contribution is -2.40. The van der Waals surface area contributed by atoms with Gasteiger partial charge in [0.2, 0.25) is 0 Å². The molecule has 3 rings (SSSR count). The Morgan fingerprint density at radius 2 is 2.10 bits per heavy atom. The van der Waals surface area contributed by atoms with Gasteiger partial charge in [0.25, 0.3) is 0 Å². The van der Waals surface area contributed by atoms with E-state index >= 15 is 0 Å². The largest absolute Gasteiger partial charge is 0.390 e. The molecule has 2 heterocycles. The predicted octanol–water partition coefficient (Wildman–Crippen LogP) is 1.43. The van der Waals surface area contributed by atoms with Gasteiger partial charge in [0.1, 0.15) is 12.2 Å². The number of ether oxygens (including phenoxy) is 4. The maximum Gasteiger partial charge on any atom is 0.169 e. The van der Waals surface area contributed by atoms with Crippen LogP contribution in [0, 0.1) is 18.3 Å². The Bertz CT molecular complexity index is 398. The fraction of sp³-hybridized carbons (Fsp3) is 0.875. The monoisotopic (exact) mass is 296 g/mol. The van der Waals surface area contributed by atoms with Crippen molar-refractivity contribution in [2.45, 2.75) is 68.9 Å². The normalized spacial score (nSPS) is 42.2. The molecular weight excluding hydrogens is 272 g/mol. The summed E-state index contributed by atoms with van der Waals surface area (Å²) in [5.74, 6) is 1.91. The molecule has 5 nitrogen and oxygen atoms in total. The fourth-order valence-electron chi connectivity index (χ4n) is 3.72. The molecule has 0 radical (unpaired) electrons. The molecule has 2 aliphatic heterocycles. The molecule has 0 amide bonds. The van der Waals surface area contributed by atoms with Crippen LogP contribution in [0.2, 0.25) is 0 Å². The summed E-state index contributed by atoms with van der Waals surface area (Å²) >= 11 is 0. The van der Waals surface area contributed by atoms with Crippen molar-refractivity contribution >= 4 is 0 Å². The third-order valence-electron chi connectivity index (χ3n) is 4.86. The minimum atomic E-state index is -0.682. The van der Waals surface area contributed by atoms with Crippen LogP contribution in [0.3, 0.4) is 0 Å². The van der Waals surface area contributed by atoms with Crippen LogP contribution >= 0.6 is 0 Å². The summed E-state index contributed by atoms with van der Waals surface area (Å²) < 4.78 is 23.2. The first kappa shape index (κ1) is 15.3. The number of aliphatic hydroxyl groups is 1. The summed E-state index contributed by atoms with van der Waals surface area (Å²) in [7, 11) is 1.57. The van der Waals surface area contributed by atoms with E-state index in [9.17, 15) is 5.11 Å². The van der Waals surface area contributed by atoms with Gasteiger partial charge < -0.3 is 24.1 Å². The van der Waals surface area contributed by atoms with E-state index in [0.29, 0.717) is 13.0 Å². The maximum absolute atomic E-state index is 10.5. The third kappa shape index (κ3) is 2.84. The summed E-state index contributed by atoms with van der Waals surface area (Å²) in [5, 5.41) is 10.5. The summed E-state index contributed by atoms with van der Waals surface area (Å²) in [6.07, 6.45) is 9.28. The van der Waals surface area contributed by atoms with Crippen molar-refractivity contribution in [2.24, 2.45) is 5.92 Å². The van der Waals surface area contributed by atoms with Gasteiger partial charge in [-0.05, 0) is 12.8 Å². The van der Waals surface area contributed by atoms with Crippen molar-refractivity contribution in [3.05, 3.63) is 0 Å². The van der Waals surface area contributed by atoms with Gasteiger partial charge in [0.05, 0.1) is 12.7 Å². The Morgan fingerprint density at radius 3 is 2.76 bits per heavy atom. The van der Waals surface area contributed by atoms with E-state index in [1.807, 2.05) is 0 Å². The maximum atomic E-state index is 10.5. The van der Waals surface area contributed by atoms with Gasteiger partial charge in [0, 0.05) is 32.3 Å². The van der Waals surface area contributed by atoms with Crippen LogP contribution in [-0.4, -0.2) is 49.2 Å². The van der Waals surface area contributed by atoms with Crippen molar-refractivity contribution in [3.63, 3.8) is 0 Å². The highest BCUT2D eigenvalue weighted by molar-refractivity contribution is 4.99. The molecule has 2 saturated heterocycles. The molecule has 1 spiro atoms. The van der Waals surface area contributed by atoms with Crippen LogP contribution in [0.5, 0.6) is 0 Å². The second-order valence-electron chi connectivity index (χ2n) is 6.21. The number of hydrogen-bond acceptors (Lipinski definition) is 5. The Morgan fingerprint density at radius 1 is 1.33 bits per heavy atom. The Labute approximate surface area is 125 Å². The third-order valence-corrected chi connectivity index (χ3v) is 4.86. The first-order valence-corrected chi connectivity index (χ1v) is 7.81. The topological polar surface area (TPSA) is 57.2 Å². The number of terminal acetylenes is 1. The van der Waals surface area contributed by atoms with Gasteiger partial charge in [-0.15, -0.1) is 12.3 Å². The van der Waals surface area contributed by atoms with Gasteiger partial charge >= 0.3 is 0 Å². The van der Waals surface area contributed by atoms with Crippen LogP contribution in [0.4, 0.5) is 0 Å². The summed E-state index contributed by atoms with van der Waals surface area (Å²) in [5.41, 5.74) is 0. The molecule has 0 aromatic carbocycles. The van der Waals surface area contributed by atoms with Crippen LogP contribution in [-0.2, 0) is 18.9 Å². The first-order valence-electron chi connectivity index (χ1n) is 7.81. The molecule has 5 heteroatoms. The van der Waals surface area contributed by atoms with E-state index in [0.717, 1.165) is 25.7 Å². The van der Waals surface area contributed by atoms with E-state index in [2.05, 4.69) is 5.92 Å². The number of hydrogen-bond donors (Lipinski definition) is 1. The van der Waals surface area contributed by atoms with Crippen molar-refractivity contribution < 1.29 is 24.1 Å². The fourth-order valence-corrected chi connectivity index (χ4v) is 3.72. The summed E-state index contributed by atoms with van der Waals surface area (Å²) in [6.45, 7) is 0.459. The molecule has 0 bridgehead atoms. The van der Waals surface area contributed by atoms with Gasteiger partial charge in [0.15, 0.2) is 12.1 Å². The zero-order valence-electron chi connectivity index (χ0n) is 12.5. The Hall–Kier alpha value is -0.640. The molecule has 3 fully saturated rings. The van der Waals surface area contributed by atoms with Crippen molar-refractivity contribution in [3.8, 4) is 12.3 Å². The molecule has 3 aliphatic rings. The second kappa shape index (κ2) is 6.23. The van der Waals surface area contributed by atoms with Crippen molar-refractivity contribution in [1.82, 2.24) is 0 Å². The molecule has 1 aliphatic carbocycles. The highest BCUT2D eigenvalue weighted by atomic mass is 16.8. The van der Waals surface area contributed by atoms with Gasteiger partial charge in [-0.25, -0.2) is 0 Å². The van der Waals surface area contributed by atoms with Crippen LogP contribution in [0.25, 0.3) is 0 Å². The Balaban J connectivity index is 1.66. The first-order chi connectivity index (χ1) is 10.2. The summed E-state index contributed by atoms with van der Waals surface area (Å²) in [4.78, 5) is 0. The Kier molecular flexibility index (Phi) is 4.53. The van der Waals surface area contributed by atoms with Crippen LogP contribution < -0.4 is 0 Å². The summed E-state index contributed by atoms with van der Waals surface area (Å²) in [6, 6.07) is 0. The second-order valence-corrected chi connectivity index (χ2v) is 6.21. The number of rotatable bonds is 3. The molecule has 1 N–H and O–H groups in total. The molecular formula is C16H24O5. The minimum absolute atomic E-state index is 0.212. The van der Waals surface area contributed by atoms with Crippen molar-refractivity contribution in [1.29, 1.82) is 0 Å². The van der Waals surface area contributed by atoms with Gasteiger partial charge in [-0.2, -0.15) is 0 Å². The van der Waals surface area contributed by atoms with E-state index in [4.69, 9.17) is 25.4 Å². The molecule has 1 saturated carbocycles. The highest BCUT2D eigenvalue weighted by Crippen LogP contribution is 2.42. The molecule has 0 aromatic heterocycles. The average molecular weight is 296 g/mol. The van der Waals surface area contributed by atoms with E-state index in [1.165, 1.54) is 6.42 Å². The standard InChI is InChI=1S/C16H24O5/c1-3-7-11-13(17)14(20-15(11)18-2)12-10-19-16(21-12)8-5-4-6-9-16/h1,11-15,17H,4-10H2,2H3/t11-,12+,13-,14+,15-/m0/s1. The zero-order chi connectivity index (χ0) is 14.9. The van der Waals surface area contributed by atoms with Crippen molar-refractivity contribution in [2.75, 3.05) is 13.7 Å². The molecule has 118 valence electrons. The molecule has 0 unspecified atom stereocenters. The highest BCUT2D eigenvalue weighted by Gasteiger charge is 2.52. The van der Waals surface area contributed by atoms with Gasteiger partial charge in [-0.1, -0.05) is 6.42 Å². The SMILES string of the molecule is C#CC[C@@H]1[C@@H](OC)O[C@H]([C@H]2COC3(CCCCC3)O2)[C@H]1O. The van der Waals surface area contributed by atoms with Crippen LogP contribution in [0.1, 0.15) is 38.5 Å². The van der Waals surface area contributed by atoms with E-state index < -0.39 is 24.3 Å². The lowest BCUT2D eigenvalue weighted by molar-refractivity contribution is -0.209. The van der Waals surface area contributed by atoms with E-state index in [1.54, 1.807) is 7.11 Å². The van der Waals surface area contributed by atoms with Gasteiger partial charge in [-0.3, -0.25) is 0 Å². The smallest absolute Gasteiger partial charge is 0.169 e. The molecule has 0 aromatic rings. The van der Waals surface area contributed by atoms with Crippen LogP contribution in [0.15, 0.2) is 0 Å². The van der Waals surface area contributed by atoms with E-state index in [-0.39, 0.29) is 12.0 Å². The quantitative estimate of drug-likeness (QED) is 0.799. The molecule has 21 heavy (non-hydrogen) atoms. The minimum Gasteiger partial charge on any atom is -0.390 e. The lowest BCUT2D eigenvalue weighted by Gasteiger charge is -2.32. The molecule has 5 atom stereocenters. The lowest BCUT2D eigenvalue weighted by atomic mass is 9.94. The average Bonchev–Trinajstić information content (AvgIpc) is 3.03.